The fourth-order valence-corrected chi connectivity index (χ4v) is 2.68. The normalized spacial score (nSPS) is 15.0. The molecule has 0 unspecified atom stereocenters. The maximum atomic E-state index is 13.0. The number of carbonyl (C=O) groups excluding carboxylic acids is 2. The van der Waals surface area contributed by atoms with Gasteiger partial charge in [-0.1, -0.05) is 23.7 Å². The summed E-state index contributed by atoms with van der Waals surface area (Å²) in [5, 5.41) is -0.364. The smallest absolute Gasteiger partial charge is 0.406 e. The van der Waals surface area contributed by atoms with Crippen LogP contribution in [0.2, 0.25) is 0 Å². The van der Waals surface area contributed by atoms with E-state index >= 15 is 0 Å². The first kappa shape index (κ1) is 17.9. The molecular weight excluding hydrogens is 378 g/mol. The van der Waals surface area contributed by atoms with E-state index in [1.807, 2.05) is 0 Å². The SMILES string of the molecule is O=C1C(Cl)=C(c2ccc(F)cc2)C(=O)N1c1ccc(OC(F)(F)F)cc1. The van der Waals surface area contributed by atoms with Gasteiger partial charge in [0, 0.05) is 0 Å². The van der Waals surface area contributed by atoms with Crippen LogP contribution in [0.25, 0.3) is 5.57 Å². The number of hydrogen-bond acceptors (Lipinski definition) is 3. The second kappa shape index (κ2) is 6.45. The maximum Gasteiger partial charge on any atom is 0.573 e. The molecule has 2 aromatic rings. The van der Waals surface area contributed by atoms with Gasteiger partial charge in [0.15, 0.2) is 0 Å². The van der Waals surface area contributed by atoms with Crippen LogP contribution in [0, 0.1) is 5.82 Å². The number of rotatable bonds is 3. The number of anilines is 1. The predicted octanol–water partition coefficient (Wildman–Crippen LogP) is 4.25. The molecule has 0 aromatic heterocycles. The summed E-state index contributed by atoms with van der Waals surface area (Å²) in [6.45, 7) is 0. The summed E-state index contributed by atoms with van der Waals surface area (Å²) in [7, 11) is 0. The molecule has 26 heavy (non-hydrogen) atoms. The molecular formula is C17H8ClF4NO3. The average molecular weight is 386 g/mol. The lowest BCUT2D eigenvalue weighted by molar-refractivity contribution is -0.274. The van der Waals surface area contributed by atoms with Gasteiger partial charge in [0.05, 0.1) is 11.3 Å². The molecule has 1 aliphatic heterocycles. The first-order valence-corrected chi connectivity index (χ1v) is 7.45. The van der Waals surface area contributed by atoms with Crippen molar-refractivity contribution in [3.8, 4) is 5.75 Å². The van der Waals surface area contributed by atoms with Crippen molar-refractivity contribution in [3.05, 3.63) is 64.9 Å². The molecule has 134 valence electrons. The molecule has 1 heterocycles. The highest BCUT2D eigenvalue weighted by molar-refractivity contribution is 6.60. The highest BCUT2D eigenvalue weighted by Crippen LogP contribution is 2.35. The lowest BCUT2D eigenvalue weighted by Crippen LogP contribution is -2.31. The molecule has 0 radical (unpaired) electrons. The van der Waals surface area contributed by atoms with E-state index < -0.39 is 29.7 Å². The van der Waals surface area contributed by atoms with Gasteiger partial charge < -0.3 is 4.74 Å². The van der Waals surface area contributed by atoms with Crippen molar-refractivity contribution in [3.63, 3.8) is 0 Å². The van der Waals surface area contributed by atoms with Gasteiger partial charge in [0.1, 0.15) is 16.6 Å². The fourth-order valence-electron chi connectivity index (χ4n) is 2.40. The van der Waals surface area contributed by atoms with E-state index in [2.05, 4.69) is 4.74 Å². The standard InChI is InChI=1S/C17H8ClF4NO3/c18-14-13(9-1-3-10(19)4-2-9)15(24)23(16(14)25)11-5-7-12(8-6-11)26-17(20,21)22/h1-8H. The van der Waals surface area contributed by atoms with E-state index in [1.165, 1.54) is 12.1 Å². The van der Waals surface area contributed by atoms with Gasteiger partial charge in [-0.25, -0.2) is 9.29 Å². The van der Waals surface area contributed by atoms with E-state index in [-0.39, 0.29) is 21.9 Å². The molecule has 4 nitrogen and oxygen atoms in total. The largest absolute Gasteiger partial charge is 0.573 e. The summed E-state index contributed by atoms with van der Waals surface area (Å²) in [5.41, 5.74) is 0.145. The molecule has 0 aliphatic carbocycles. The van der Waals surface area contributed by atoms with Crippen LogP contribution in [-0.4, -0.2) is 18.2 Å². The number of ether oxygens (including phenoxy) is 1. The van der Waals surface area contributed by atoms with Crippen molar-refractivity contribution >= 4 is 34.7 Å². The lowest BCUT2D eigenvalue weighted by atomic mass is 10.1. The van der Waals surface area contributed by atoms with Crippen molar-refractivity contribution < 1.29 is 31.9 Å². The number of benzene rings is 2. The third-order valence-electron chi connectivity index (χ3n) is 3.49. The van der Waals surface area contributed by atoms with Gasteiger partial charge in [-0.2, -0.15) is 0 Å². The van der Waals surface area contributed by atoms with Crippen molar-refractivity contribution in [1.82, 2.24) is 0 Å². The molecule has 0 N–H and O–H groups in total. The Bertz CT molecular complexity index is 905. The highest BCUT2D eigenvalue weighted by Gasteiger charge is 2.39. The van der Waals surface area contributed by atoms with E-state index in [0.717, 1.165) is 41.3 Å². The van der Waals surface area contributed by atoms with E-state index in [1.54, 1.807) is 0 Å². The summed E-state index contributed by atoms with van der Waals surface area (Å²) >= 11 is 5.96. The maximum absolute atomic E-state index is 13.0. The summed E-state index contributed by atoms with van der Waals surface area (Å²) in [5.74, 6) is -2.63. The molecule has 1 aliphatic rings. The molecule has 2 aromatic carbocycles. The Balaban J connectivity index is 1.90. The summed E-state index contributed by atoms with van der Waals surface area (Å²) in [6.07, 6.45) is -4.86. The summed E-state index contributed by atoms with van der Waals surface area (Å²) in [6, 6.07) is 8.97. The topological polar surface area (TPSA) is 46.6 Å². The minimum atomic E-state index is -4.86. The Morgan fingerprint density at radius 3 is 2.00 bits per heavy atom. The zero-order valence-electron chi connectivity index (χ0n) is 12.7. The average Bonchev–Trinajstić information content (AvgIpc) is 2.78. The van der Waals surface area contributed by atoms with E-state index in [0.29, 0.717) is 0 Å². The van der Waals surface area contributed by atoms with Crippen molar-refractivity contribution in [2.75, 3.05) is 4.90 Å². The van der Waals surface area contributed by atoms with Crippen molar-refractivity contribution in [2.24, 2.45) is 0 Å². The second-order valence-corrected chi connectivity index (χ2v) is 5.56. The minimum absolute atomic E-state index is 0.0183. The molecule has 0 atom stereocenters. The minimum Gasteiger partial charge on any atom is -0.406 e. The van der Waals surface area contributed by atoms with Crippen LogP contribution in [-0.2, 0) is 9.59 Å². The number of nitrogens with zero attached hydrogens (tertiary/aromatic N) is 1. The monoisotopic (exact) mass is 385 g/mol. The number of imide groups is 1. The van der Waals surface area contributed by atoms with Crippen LogP contribution in [0.5, 0.6) is 5.75 Å². The van der Waals surface area contributed by atoms with Crippen LogP contribution in [0.4, 0.5) is 23.2 Å². The van der Waals surface area contributed by atoms with E-state index in [4.69, 9.17) is 11.6 Å². The molecule has 2 amide bonds. The Hall–Kier alpha value is -2.87. The zero-order chi connectivity index (χ0) is 19.1. The first-order valence-electron chi connectivity index (χ1n) is 7.07. The number of amides is 2. The van der Waals surface area contributed by atoms with Crippen LogP contribution >= 0.6 is 11.6 Å². The van der Waals surface area contributed by atoms with Gasteiger partial charge >= 0.3 is 6.36 Å². The molecule has 0 saturated heterocycles. The highest BCUT2D eigenvalue weighted by atomic mass is 35.5. The Kier molecular flexibility index (Phi) is 4.45. The van der Waals surface area contributed by atoms with Crippen molar-refractivity contribution in [2.45, 2.75) is 6.36 Å². The number of alkyl halides is 3. The Morgan fingerprint density at radius 2 is 1.46 bits per heavy atom. The van der Waals surface area contributed by atoms with Gasteiger partial charge in [-0.15, -0.1) is 13.2 Å². The second-order valence-electron chi connectivity index (χ2n) is 5.18. The Morgan fingerprint density at radius 1 is 0.885 bits per heavy atom. The van der Waals surface area contributed by atoms with Gasteiger partial charge in [-0.05, 0) is 42.0 Å². The van der Waals surface area contributed by atoms with Gasteiger partial charge in [0.25, 0.3) is 11.8 Å². The van der Waals surface area contributed by atoms with E-state index in [9.17, 15) is 27.2 Å². The van der Waals surface area contributed by atoms with Gasteiger partial charge in [-0.3, -0.25) is 9.59 Å². The molecule has 0 fully saturated rings. The zero-order valence-corrected chi connectivity index (χ0v) is 13.4. The number of halogens is 5. The number of carbonyl (C=O) groups is 2. The predicted molar refractivity (Wildman–Crippen MR) is 84.8 cm³/mol. The summed E-state index contributed by atoms with van der Waals surface area (Å²) in [4.78, 5) is 25.6. The third-order valence-corrected chi connectivity index (χ3v) is 3.84. The number of hydrogen-bond donors (Lipinski definition) is 0. The molecule has 3 rings (SSSR count). The van der Waals surface area contributed by atoms with Crippen LogP contribution in [0.3, 0.4) is 0 Å². The molecule has 9 heteroatoms. The van der Waals surface area contributed by atoms with Crippen LogP contribution < -0.4 is 9.64 Å². The van der Waals surface area contributed by atoms with Crippen molar-refractivity contribution in [1.29, 1.82) is 0 Å². The van der Waals surface area contributed by atoms with Crippen LogP contribution in [0.1, 0.15) is 5.56 Å². The first-order chi connectivity index (χ1) is 12.2. The molecule has 0 spiro atoms. The van der Waals surface area contributed by atoms with Crippen LogP contribution in [0.15, 0.2) is 53.6 Å². The third kappa shape index (κ3) is 3.41. The summed E-state index contributed by atoms with van der Waals surface area (Å²) < 4.78 is 53.4. The quantitative estimate of drug-likeness (QED) is 0.586. The van der Waals surface area contributed by atoms with Gasteiger partial charge in [0.2, 0.25) is 0 Å². The lowest BCUT2D eigenvalue weighted by Gasteiger charge is -2.16. The molecule has 0 saturated carbocycles. The molecule has 0 bridgehead atoms. The Labute approximate surface area is 149 Å². The fraction of sp³-hybridized carbons (Fsp3) is 0.0588.